The van der Waals surface area contributed by atoms with E-state index >= 15 is 0 Å². The number of nitrogens with one attached hydrogen (secondary N) is 1. The minimum Gasteiger partial charge on any atom is -0.323 e. The van der Waals surface area contributed by atoms with Crippen LogP contribution in [0.2, 0.25) is 0 Å². The van der Waals surface area contributed by atoms with Crippen LogP contribution in [0.3, 0.4) is 0 Å². The number of hydrogen-bond acceptors (Lipinski definition) is 3. The second-order valence-corrected chi connectivity index (χ2v) is 9.27. The first kappa shape index (κ1) is 20.9. The van der Waals surface area contributed by atoms with Crippen LogP contribution in [-0.2, 0) is 4.79 Å². The summed E-state index contributed by atoms with van der Waals surface area (Å²) in [6, 6.07) is -0.225. The van der Waals surface area contributed by atoms with Crippen molar-refractivity contribution < 1.29 is 9.59 Å². The molecule has 0 radical (unpaired) electrons. The zero-order valence-electron chi connectivity index (χ0n) is 17.0. The molecule has 1 unspecified atom stereocenters. The van der Waals surface area contributed by atoms with Crippen molar-refractivity contribution in [2.45, 2.75) is 84.7 Å². The van der Waals surface area contributed by atoms with Crippen molar-refractivity contribution in [3.05, 3.63) is 0 Å². The highest BCUT2D eigenvalue weighted by molar-refractivity contribution is 6.07. The first-order valence-electron chi connectivity index (χ1n) is 9.16. The zero-order chi connectivity index (χ0) is 18.8. The van der Waals surface area contributed by atoms with E-state index in [1.165, 1.54) is 4.90 Å². The zero-order valence-corrected chi connectivity index (χ0v) is 17.0. The van der Waals surface area contributed by atoms with E-state index in [-0.39, 0.29) is 22.9 Å². The molecule has 0 spiro atoms. The van der Waals surface area contributed by atoms with Gasteiger partial charge in [-0.25, -0.2) is 4.79 Å². The molecule has 1 aliphatic rings. The van der Waals surface area contributed by atoms with Gasteiger partial charge >= 0.3 is 6.03 Å². The molecule has 0 aromatic carbocycles. The SMILES string of the molecule is CCCC1(CC(C)(C)N(C)C)NC(=O)N(CCCC(C)(C)C)C1=O. The molecule has 1 fully saturated rings. The van der Waals surface area contributed by atoms with Gasteiger partial charge in [-0.2, -0.15) is 0 Å². The number of nitrogens with zero attached hydrogens (tertiary/aromatic N) is 2. The van der Waals surface area contributed by atoms with Crippen LogP contribution in [0, 0.1) is 5.41 Å². The molecule has 1 rings (SSSR count). The van der Waals surface area contributed by atoms with Crippen molar-refractivity contribution in [3.63, 3.8) is 0 Å². The summed E-state index contributed by atoms with van der Waals surface area (Å²) in [6.45, 7) is 13.3. The van der Waals surface area contributed by atoms with Crippen LogP contribution >= 0.6 is 0 Å². The molecule has 140 valence electrons. The van der Waals surface area contributed by atoms with Gasteiger partial charge in [0.1, 0.15) is 5.54 Å². The van der Waals surface area contributed by atoms with Crippen LogP contribution in [-0.4, -0.2) is 53.5 Å². The Morgan fingerprint density at radius 2 is 1.71 bits per heavy atom. The van der Waals surface area contributed by atoms with Crippen molar-refractivity contribution in [1.29, 1.82) is 0 Å². The van der Waals surface area contributed by atoms with Gasteiger partial charge in [0.05, 0.1) is 0 Å². The molecule has 1 atom stereocenters. The number of carbonyl (C=O) groups is 2. The highest BCUT2D eigenvalue weighted by Gasteiger charge is 2.52. The first-order valence-corrected chi connectivity index (χ1v) is 9.16. The van der Waals surface area contributed by atoms with Crippen LogP contribution in [0.5, 0.6) is 0 Å². The number of carbonyl (C=O) groups excluding carboxylic acids is 2. The Balaban J connectivity index is 2.92. The average molecular weight is 340 g/mol. The van der Waals surface area contributed by atoms with E-state index in [1.54, 1.807) is 0 Å². The van der Waals surface area contributed by atoms with E-state index in [0.717, 1.165) is 19.3 Å². The fourth-order valence-electron chi connectivity index (χ4n) is 3.35. The summed E-state index contributed by atoms with van der Waals surface area (Å²) in [4.78, 5) is 29.1. The molecule has 1 saturated heterocycles. The maximum absolute atomic E-state index is 13.1. The summed E-state index contributed by atoms with van der Waals surface area (Å²) < 4.78 is 0. The topological polar surface area (TPSA) is 52.7 Å². The van der Waals surface area contributed by atoms with Crippen LogP contribution < -0.4 is 5.32 Å². The van der Waals surface area contributed by atoms with E-state index in [0.29, 0.717) is 19.4 Å². The average Bonchev–Trinajstić information content (AvgIpc) is 2.61. The second kappa shape index (κ2) is 7.42. The molecule has 0 aromatic rings. The van der Waals surface area contributed by atoms with Crippen molar-refractivity contribution in [2.75, 3.05) is 20.6 Å². The lowest BCUT2D eigenvalue weighted by molar-refractivity contribution is -0.133. The van der Waals surface area contributed by atoms with E-state index < -0.39 is 5.54 Å². The monoisotopic (exact) mass is 339 g/mol. The Bertz CT molecular complexity index is 466. The van der Waals surface area contributed by atoms with Gasteiger partial charge in [-0.05, 0) is 59.0 Å². The fraction of sp³-hybridized carbons (Fsp3) is 0.895. The molecule has 0 bridgehead atoms. The number of hydrogen-bond donors (Lipinski definition) is 1. The molecule has 0 aromatic heterocycles. The number of imide groups is 1. The summed E-state index contributed by atoms with van der Waals surface area (Å²) in [6.07, 6.45) is 4.02. The lowest BCUT2D eigenvalue weighted by Crippen LogP contribution is -2.55. The van der Waals surface area contributed by atoms with Gasteiger partial charge < -0.3 is 10.2 Å². The quantitative estimate of drug-likeness (QED) is 0.687. The standard InChI is InChI=1S/C19H37N3O2/c1-9-11-19(14-18(5,6)21(7)8)15(23)22(16(24)20-19)13-10-12-17(2,3)4/h9-14H2,1-8H3,(H,20,24). The minimum atomic E-state index is -0.763. The summed E-state index contributed by atoms with van der Waals surface area (Å²) in [5, 5.41) is 3.04. The maximum Gasteiger partial charge on any atom is 0.325 e. The van der Waals surface area contributed by atoms with Gasteiger partial charge in [-0.1, -0.05) is 34.1 Å². The van der Waals surface area contributed by atoms with Gasteiger partial charge in [-0.15, -0.1) is 0 Å². The Morgan fingerprint density at radius 1 is 1.12 bits per heavy atom. The first-order chi connectivity index (χ1) is 10.8. The van der Waals surface area contributed by atoms with Crippen molar-refractivity contribution in [3.8, 4) is 0 Å². The van der Waals surface area contributed by atoms with Gasteiger partial charge in [0.15, 0.2) is 0 Å². The number of urea groups is 1. The van der Waals surface area contributed by atoms with Crippen LogP contribution in [0.15, 0.2) is 0 Å². The van der Waals surface area contributed by atoms with Gasteiger partial charge in [0, 0.05) is 12.1 Å². The highest BCUT2D eigenvalue weighted by Crippen LogP contribution is 2.34. The van der Waals surface area contributed by atoms with Crippen molar-refractivity contribution >= 4 is 11.9 Å². The summed E-state index contributed by atoms with van der Waals surface area (Å²) in [7, 11) is 4.03. The third kappa shape index (κ3) is 4.95. The summed E-state index contributed by atoms with van der Waals surface area (Å²) in [5.74, 6) is -0.0433. The van der Waals surface area contributed by atoms with Crippen molar-refractivity contribution in [1.82, 2.24) is 15.1 Å². The molecule has 1 aliphatic heterocycles. The highest BCUT2D eigenvalue weighted by atomic mass is 16.2. The molecule has 5 heteroatoms. The fourth-order valence-corrected chi connectivity index (χ4v) is 3.35. The molecule has 1 N–H and O–H groups in total. The molecule has 3 amide bonds. The van der Waals surface area contributed by atoms with Gasteiger partial charge in [0.25, 0.3) is 5.91 Å². The molecular weight excluding hydrogens is 302 g/mol. The normalized spacial score (nSPS) is 22.5. The third-order valence-electron chi connectivity index (χ3n) is 5.18. The van der Waals surface area contributed by atoms with E-state index in [1.807, 2.05) is 14.1 Å². The minimum absolute atomic E-state index is 0.0433. The predicted octanol–water partition coefficient (Wildman–Crippen LogP) is 3.63. The molecule has 1 heterocycles. The van der Waals surface area contributed by atoms with E-state index in [9.17, 15) is 9.59 Å². The van der Waals surface area contributed by atoms with Crippen LogP contribution in [0.25, 0.3) is 0 Å². The molecule has 24 heavy (non-hydrogen) atoms. The van der Waals surface area contributed by atoms with Gasteiger partial charge in [-0.3, -0.25) is 9.69 Å². The maximum atomic E-state index is 13.1. The van der Waals surface area contributed by atoms with Crippen LogP contribution in [0.1, 0.15) is 73.6 Å². The number of rotatable bonds is 8. The predicted molar refractivity (Wildman–Crippen MR) is 99.0 cm³/mol. The van der Waals surface area contributed by atoms with Gasteiger partial charge in [0.2, 0.25) is 0 Å². The largest absolute Gasteiger partial charge is 0.325 e. The lowest BCUT2D eigenvalue weighted by atomic mass is 9.80. The lowest BCUT2D eigenvalue weighted by Gasteiger charge is -2.39. The molecule has 0 saturated carbocycles. The van der Waals surface area contributed by atoms with E-state index in [4.69, 9.17) is 0 Å². The summed E-state index contributed by atoms with van der Waals surface area (Å²) in [5.41, 5.74) is -0.715. The smallest absolute Gasteiger partial charge is 0.323 e. The van der Waals surface area contributed by atoms with Crippen molar-refractivity contribution in [2.24, 2.45) is 5.41 Å². The second-order valence-electron chi connectivity index (χ2n) is 9.27. The molecule has 5 nitrogen and oxygen atoms in total. The Kier molecular flexibility index (Phi) is 6.48. The number of amides is 3. The summed E-state index contributed by atoms with van der Waals surface area (Å²) >= 11 is 0. The Labute approximate surface area is 148 Å². The third-order valence-corrected chi connectivity index (χ3v) is 5.18. The molecular formula is C19H37N3O2. The Hall–Kier alpha value is -1.10. The van der Waals surface area contributed by atoms with Crippen LogP contribution in [0.4, 0.5) is 4.79 Å². The Morgan fingerprint density at radius 3 is 2.17 bits per heavy atom. The molecule has 0 aliphatic carbocycles. The van der Waals surface area contributed by atoms with E-state index in [2.05, 4.69) is 51.8 Å².